The Morgan fingerprint density at radius 3 is 1.54 bits per heavy atom. The second-order valence-corrected chi connectivity index (χ2v) is 18.6. The molecule has 0 aliphatic carbocycles. The highest BCUT2D eigenvalue weighted by Gasteiger charge is 2.44. The van der Waals surface area contributed by atoms with Crippen LogP contribution in [0.2, 0.25) is 38.3 Å². The monoisotopic (exact) mass is 550 g/mol. The number of carbonyl (C=O) groups is 4. The topological polar surface area (TPSA) is 170 Å². The quantitative estimate of drug-likeness (QED) is 0.0908. The average molecular weight is 551 g/mol. The minimum atomic E-state index is -3.21. The number of ether oxygens (including phenoxy) is 2. The molecule has 35 heavy (non-hydrogen) atoms. The van der Waals surface area contributed by atoms with Crippen molar-refractivity contribution in [3.63, 3.8) is 0 Å². The Morgan fingerprint density at radius 1 is 0.714 bits per heavy atom. The minimum absolute atomic E-state index is 0.265. The van der Waals surface area contributed by atoms with Gasteiger partial charge in [0.2, 0.25) is 11.8 Å². The molecule has 0 radical (unpaired) electrons. The average Bonchev–Trinajstić information content (AvgIpc) is 2.74. The SMILES string of the molecule is COC(=O)/C=C\C(=O)NCCC[Si](C)(O)O[Si](C)(CCCNC(=O)/C=C/C(=O)OC)O[Si](C)(C)O. The van der Waals surface area contributed by atoms with Crippen molar-refractivity contribution < 1.29 is 46.5 Å². The van der Waals surface area contributed by atoms with Crippen LogP contribution in [0, 0.1) is 0 Å². The van der Waals surface area contributed by atoms with E-state index < -0.39 is 49.4 Å². The van der Waals surface area contributed by atoms with Crippen molar-refractivity contribution >= 4 is 49.4 Å². The first-order chi connectivity index (χ1) is 16.1. The summed E-state index contributed by atoms with van der Waals surface area (Å²) in [5.74, 6) is -2.19. The van der Waals surface area contributed by atoms with Crippen molar-refractivity contribution in [1.82, 2.24) is 10.6 Å². The molecule has 12 nitrogen and oxygen atoms in total. The van der Waals surface area contributed by atoms with Gasteiger partial charge in [-0.1, -0.05) is 0 Å². The fourth-order valence-corrected chi connectivity index (χ4v) is 14.3. The molecule has 0 saturated heterocycles. The second-order valence-electron chi connectivity index (χ2n) is 8.46. The molecule has 0 aromatic carbocycles. The zero-order valence-corrected chi connectivity index (χ0v) is 24.2. The summed E-state index contributed by atoms with van der Waals surface area (Å²) in [6.07, 6.45) is 5.06. The van der Waals surface area contributed by atoms with Crippen molar-refractivity contribution in [3.8, 4) is 0 Å². The summed E-state index contributed by atoms with van der Waals surface area (Å²) in [4.78, 5) is 66.7. The molecular formula is C20H38N2O10Si3. The normalized spacial score (nSPS) is 15.3. The van der Waals surface area contributed by atoms with E-state index in [2.05, 4.69) is 20.1 Å². The van der Waals surface area contributed by atoms with Crippen molar-refractivity contribution in [2.24, 2.45) is 0 Å². The van der Waals surface area contributed by atoms with Crippen molar-refractivity contribution in [2.75, 3.05) is 27.3 Å². The molecule has 0 bridgehead atoms. The zero-order chi connectivity index (χ0) is 27.1. The number of esters is 2. The number of hydrogen-bond acceptors (Lipinski definition) is 10. The largest absolute Gasteiger partial charge is 0.466 e. The molecule has 0 heterocycles. The highest BCUT2D eigenvalue weighted by atomic mass is 28.5. The molecule has 2 atom stereocenters. The van der Waals surface area contributed by atoms with Crippen molar-refractivity contribution in [3.05, 3.63) is 24.3 Å². The number of nitrogens with one attached hydrogen (secondary N) is 2. The van der Waals surface area contributed by atoms with E-state index in [4.69, 9.17) is 8.23 Å². The Kier molecular flexibility index (Phi) is 14.8. The molecule has 15 heteroatoms. The minimum Gasteiger partial charge on any atom is -0.466 e. The van der Waals surface area contributed by atoms with E-state index in [1.165, 1.54) is 14.2 Å². The van der Waals surface area contributed by atoms with Crippen LogP contribution in [0.5, 0.6) is 0 Å². The van der Waals surface area contributed by atoms with Crippen LogP contribution in [-0.4, -0.2) is 86.3 Å². The van der Waals surface area contributed by atoms with Gasteiger partial charge in [0.25, 0.3) is 0 Å². The maximum absolute atomic E-state index is 11.7. The van der Waals surface area contributed by atoms with E-state index in [0.717, 1.165) is 24.3 Å². The van der Waals surface area contributed by atoms with Crippen LogP contribution < -0.4 is 10.6 Å². The lowest BCUT2D eigenvalue weighted by Gasteiger charge is -2.37. The van der Waals surface area contributed by atoms with Gasteiger partial charge in [0.05, 0.1) is 14.2 Å². The summed E-state index contributed by atoms with van der Waals surface area (Å²) in [6, 6.07) is 0.714. The maximum atomic E-state index is 11.7. The predicted octanol–water partition coefficient (Wildman–Crippen LogP) is 0.321. The Balaban J connectivity index is 4.78. The van der Waals surface area contributed by atoms with Gasteiger partial charge in [0.15, 0.2) is 0 Å². The Morgan fingerprint density at radius 2 is 1.14 bits per heavy atom. The van der Waals surface area contributed by atoms with Gasteiger partial charge < -0.3 is 37.9 Å². The Labute approximate surface area is 209 Å². The summed E-state index contributed by atoms with van der Waals surface area (Å²) in [5.41, 5.74) is 0. The number of carbonyl (C=O) groups excluding carboxylic acids is 4. The third-order valence-corrected chi connectivity index (χ3v) is 14.0. The highest BCUT2D eigenvalue weighted by Crippen LogP contribution is 2.25. The fraction of sp³-hybridized carbons (Fsp3) is 0.600. The van der Waals surface area contributed by atoms with Gasteiger partial charge in [-0.2, -0.15) is 0 Å². The van der Waals surface area contributed by atoms with Gasteiger partial charge in [0, 0.05) is 37.4 Å². The summed E-state index contributed by atoms with van der Waals surface area (Å²) in [5, 5.41) is 5.24. The van der Waals surface area contributed by atoms with E-state index in [0.29, 0.717) is 24.9 Å². The third-order valence-electron chi connectivity index (χ3n) is 4.27. The lowest BCUT2D eigenvalue weighted by molar-refractivity contribution is -0.135. The van der Waals surface area contributed by atoms with Gasteiger partial charge in [-0.3, -0.25) is 9.59 Å². The number of hydrogen-bond donors (Lipinski definition) is 4. The van der Waals surface area contributed by atoms with E-state index in [9.17, 15) is 28.8 Å². The predicted molar refractivity (Wildman–Crippen MR) is 135 cm³/mol. The van der Waals surface area contributed by atoms with E-state index in [1.54, 1.807) is 26.2 Å². The van der Waals surface area contributed by atoms with Crippen LogP contribution in [0.3, 0.4) is 0 Å². The lowest BCUT2D eigenvalue weighted by atomic mass is 10.4. The first kappa shape index (κ1) is 32.9. The first-order valence-corrected chi connectivity index (χ1v) is 19.0. The molecule has 0 saturated carbocycles. The van der Waals surface area contributed by atoms with Crippen LogP contribution in [0.1, 0.15) is 12.8 Å². The molecule has 0 aromatic rings. The van der Waals surface area contributed by atoms with Gasteiger partial charge in [-0.25, -0.2) is 9.59 Å². The third kappa shape index (κ3) is 17.9. The molecule has 200 valence electrons. The Hall–Kier alpha value is -2.15. The van der Waals surface area contributed by atoms with E-state index >= 15 is 0 Å². The van der Waals surface area contributed by atoms with Crippen LogP contribution in [0.15, 0.2) is 24.3 Å². The summed E-state index contributed by atoms with van der Waals surface area (Å²) < 4.78 is 20.9. The van der Waals surface area contributed by atoms with Gasteiger partial charge in [-0.15, -0.1) is 0 Å². The molecule has 0 aliphatic rings. The molecule has 4 N–H and O–H groups in total. The van der Waals surface area contributed by atoms with Crippen LogP contribution in [-0.2, 0) is 36.9 Å². The molecule has 2 amide bonds. The van der Waals surface area contributed by atoms with Crippen LogP contribution >= 0.6 is 0 Å². The van der Waals surface area contributed by atoms with E-state index in [-0.39, 0.29) is 13.1 Å². The zero-order valence-electron chi connectivity index (χ0n) is 21.2. The molecule has 0 aromatic heterocycles. The lowest BCUT2D eigenvalue weighted by Crippen LogP contribution is -2.55. The summed E-state index contributed by atoms with van der Waals surface area (Å²) >= 11 is 0. The first-order valence-electron chi connectivity index (χ1n) is 11.0. The fourth-order valence-electron chi connectivity index (χ4n) is 2.96. The molecule has 0 rings (SSSR count). The molecular weight excluding hydrogens is 512 g/mol. The van der Waals surface area contributed by atoms with Crippen molar-refractivity contribution in [1.29, 1.82) is 0 Å². The standard InChI is InChI=1S/C20H38N2O10Si3/c1-29-19(25)11-9-17(23)21-13-7-15-34(5,28)32-35(6,31-33(3,4)27)16-8-14-22-18(24)10-12-20(26)30-2/h9-12,27-28H,7-8,13-16H2,1-6H3,(H,21,23)(H,22,24)/b11-9-,12-10+. The smallest absolute Gasteiger partial charge is 0.330 e. The number of methoxy groups -OCH3 is 2. The number of rotatable bonds is 16. The van der Waals surface area contributed by atoms with Crippen LogP contribution in [0.25, 0.3) is 0 Å². The van der Waals surface area contributed by atoms with Gasteiger partial charge in [0.1, 0.15) is 0 Å². The Bertz CT molecular complexity index is 784. The van der Waals surface area contributed by atoms with Crippen molar-refractivity contribution in [2.45, 2.75) is 51.1 Å². The van der Waals surface area contributed by atoms with Gasteiger partial charge in [-0.05, 0) is 51.1 Å². The summed E-state index contributed by atoms with van der Waals surface area (Å²) in [6.45, 7) is 7.14. The van der Waals surface area contributed by atoms with Gasteiger partial charge >= 0.3 is 37.6 Å². The maximum Gasteiger partial charge on any atom is 0.330 e. The molecule has 2 unspecified atom stereocenters. The molecule has 0 fully saturated rings. The molecule has 0 spiro atoms. The highest BCUT2D eigenvalue weighted by molar-refractivity contribution is 6.84. The van der Waals surface area contributed by atoms with Crippen LogP contribution in [0.4, 0.5) is 0 Å². The summed E-state index contributed by atoms with van der Waals surface area (Å²) in [7, 11) is -6.79. The molecule has 0 aliphatic heterocycles. The van der Waals surface area contributed by atoms with E-state index in [1.807, 2.05) is 0 Å². The number of amides is 2. The second kappa shape index (κ2) is 15.8.